The van der Waals surface area contributed by atoms with Crippen molar-refractivity contribution in [3.63, 3.8) is 0 Å². The van der Waals surface area contributed by atoms with Gasteiger partial charge in [0.1, 0.15) is 23.0 Å². The Hall–Kier alpha value is -1.73. The summed E-state index contributed by atoms with van der Waals surface area (Å²) >= 11 is 8.13. The number of thioether (sulfide) groups is 2. The number of rotatable bonds is 10. The summed E-state index contributed by atoms with van der Waals surface area (Å²) in [6.45, 7) is 2.20. The molecule has 0 saturated carbocycles. The highest BCUT2D eigenvalue weighted by molar-refractivity contribution is 8.01. The van der Waals surface area contributed by atoms with Gasteiger partial charge in [0.2, 0.25) is 15.9 Å². The molecule has 3 N–H and O–H groups in total. The molecule has 1 saturated heterocycles. The first-order valence-electron chi connectivity index (χ1n) is 9.67. The van der Waals surface area contributed by atoms with E-state index in [1.54, 1.807) is 12.1 Å². The van der Waals surface area contributed by atoms with E-state index in [1.165, 1.54) is 40.6 Å². The third-order valence-corrected chi connectivity index (χ3v) is 8.88. The monoisotopic (exact) mass is 519 g/mol. The molecule has 2 heterocycles. The Labute approximate surface area is 199 Å². The molecule has 0 aromatic heterocycles. The average molecular weight is 520 g/mol. The van der Waals surface area contributed by atoms with Crippen LogP contribution in [0.4, 0.5) is 0 Å². The Balaban J connectivity index is 1.75. The summed E-state index contributed by atoms with van der Waals surface area (Å²) in [5.74, 6) is -1.84. The minimum atomic E-state index is -3.62. The van der Waals surface area contributed by atoms with E-state index in [9.17, 15) is 27.9 Å². The van der Waals surface area contributed by atoms with Crippen molar-refractivity contribution in [1.82, 2.24) is 14.9 Å². The number of halogens is 1. The molecule has 13 heteroatoms. The van der Waals surface area contributed by atoms with Crippen LogP contribution in [0.15, 0.2) is 45.3 Å². The normalized spacial score (nSPS) is 20.6. The molecule has 0 aliphatic carbocycles. The van der Waals surface area contributed by atoms with Gasteiger partial charge in [-0.05, 0) is 30.2 Å². The lowest BCUT2D eigenvalue weighted by Crippen LogP contribution is -2.70. The number of nitrogens with zero attached hydrogens (tertiary/aromatic N) is 1. The van der Waals surface area contributed by atoms with Gasteiger partial charge in [-0.3, -0.25) is 14.5 Å². The van der Waals surface area contributed by atoms with Crippen molar-refractivity contribution in [3.05, 3.63) is 35.5 Å². The van der Waals surface area contributed by atoms with Gasteiger partial charge in [-0.15, -0.1) is 35.1 Å². The summed E-state index contributed by atoms with van der Waals surface area (Å²) in [5, 5.41) is 11.7. The highest BCUT2D eigenvalue weighted by atomic mass is 35.5. The zero-order valence-electron chi connectivity index (χ0n) is 17.0. The predicted molar refractivity (Wildman–Crippen MR) is 123 cm³/mol. The molecule has 2 amide bonds. The molecular formula is C19H22ClN3O6S3. The molecule has 1 fully saturated rings. The quantitative estimate of drug-likeness (QED) is 0.240. The minimum Gasteiger partial charge on any atom is -0.477 e. The molecule has 2 aliphatic heterocycles. The van der Waals surface area contributed by atoms with E-state index >= 15 is 0 Å². The number of benzene rings is 1. The first-order valence-corrected chi connectivity index (χ1v) is 13.7. The topological polar surface area (TPSA) is 133 Å². The van der Waals surface area contributed by atoms with Gasteiger partial charge in [0.15, 0.2) is 0 Å². The maximum Gasteiger partial charge on any atom is 0.352 e. The van der Waals surface area contributed by atoms with Gasteiger partial charge in [-0.25, -0.2) is 17.9 Å². The van der Waals surface area contributed by atoms with Crippen LogP contribution in [0.3, 0.4) is 0 Å². The molecule has 1 unspecified atom stereocenters. The highest BCUT2D eigenvalue weighted by Gasteiger charge is 2.54. The summed E-state index contributed by atoms with van der Waals surface area (Å²) in [6, 6.07) is 5.61. The van der Waals surface area contributed by atoms with Gasteiger partial charge in [0.25, 0.3) is 5.91 Å². The lowest BCUT2D eigenvalue weighted by atomic mass is 10.0. The number of aliphatic carboxylic acids is 1. The average Bonchev–Trinajstić information content (AvgIpc) is 2.78. The number of sulfonamides is 1. The van der Waals surface area contributed by atoms with Crippen LogP contribution in [0.25, 0.3) is 0 Å². The molecule has 32 heavy (non-hydrogen) atoms. The molecule has 0 radical (unpaired) electrons. The van der Waals surface area contributed by atoms with E-state index in [-0.39, 0.29) is 22.2 Å². The van der Waals surface area contributed by atoms with E-state index in [1.807, 2.05) is 6.92 Å². The van der Waals surface area contributed by atoms with Crippen molar-refractivity contribution < 1.29 is 27.9 Å². The molecule has 1 aromatic carbocycles. The van der Waals surface area contributed by atoms with E-state index in [0.717, 1.165) is 0 Å². The van der Waals surface area contributed by atoms with Crippen LogP contribution >= 0.6 is 35.1 Å². The molecule has 9 nitrogen and oxygen atoms in total. The van der Waals surface area contributed by atoms with Gasteiger partial charge in [-0.2, -0.15) is 0 Å². The van der Waals surface area contributed by atoms with Crippen LogP contribution in [0.2, 0.25) is 0 Å². The van der Waals surface area contributed by atoms with Gasteiger partial charge < -0.3 is 10.4 Å². The summed E-state index contributed by atoms with van der Waals surface area (Å²) in [6.07, 6.45) is 0.671. The fourth-order valence-electron chi connectivity index (χ4n) is 3.23. The lowest BCUT2D eigenvalue weighted by Gasteiger charge is -2.49. The zero-order valence-corrected chi connectivity index (χ0v) is 20.2. The number of carboxylic acids is 1. The van der Waals surface area contributed by atoms with Crippen LogP contribution in [0, 0.1) is 0 Å². The molecule has 2 atom stereocenters. The lowest BCUT2D eigenvalue weighted by molar-refractivity contribution is -0.150. The maximum atomic E-state index is 12.5. The second-order valence-corrected chi connectivity index (χ2v) is 11.2. The number of β-lactam (4-membered cyclic amide) rings is 1. The number of amides is 2. The van der Waals surface area contributed by atoms with Gasteiger partial charge >= 0.3 is 5.97 Å². The molecule has 0 spiro atoms. The number of hydrogen-bond acceptors (Lipinski definition) is 7. The predicted octanol–water partition coefficient (Wildman–Crippen LogP) is 1.44. The minimum absolute atomic E-state index is 0.0870. The maximum absolute atomic E-state index is 12.5. The molecule has 2 aliphatic rings. The first kappa shape index (κ1) is 24.9. The molecular weight excluding hydrogens is 498 g/mol. The fourth-order valence-corrected chi connectivity index (χ4v) is 7.00. The molecule has 1 aromatic rings. The van der Waals surface area contributed by atoms with Gasteiger partial charge in [-0.1, -0.05) is 13.0 Å². The van der Waals surface area contributed by atoms with Crippen molar-refractivity contribution in [3.8, 4) is 0 Å². The van der Waals surface area contributed by atoms with E-state index in [2.05, 4.69) is 10.0 Å². The number of alkyl halides is 1. The Morgan fingerprint density at radius 1 is 1.38 bits per heavy atom. The van der Waals surface area contributed by atoms with Crippen LogP contribution in [-0.4, -0.2) is 71.6 Å². The van der Waals surface area contributed by atoms with Crippen molar-refractivity contribution >= 4 is 62.9 Å². The van der Waals surface area contributed by atoms with Gasteiger partial charge in [0.05, 0.1) is 4.90 Å². The Morgan fingerprint density at radius 2 is 2.12 bits per heavy atom. The van der Waals surface area contributed by atoms with Crippen molar-refractivity contribution in [2.24, 2.45) is 0 Å². The largest absolute Gasteiger partial charge is 0.477 e. The summed E-state index contributed by atoms with van der Waals surface area (Å²) < 4.78 is 27.2. The van der Waals surface area contributed by atoms with Crippen molar-refractivity contribution in [2.45, 2.75) is 34.6 Å². The van der Waals surface area contributed by atoms with E-state index in [0.29, 0.717) is 29.2 Å². The first-order chi connectivity index (χ1) is 15.2. The summed E-state index contributed by atoms with van der Waals surface area (Å²) in [4.78, 5) is 37.9. The van der Waals surface area contributed by atoms with Crippen LogP contribution < -0.4 is 10.0 Å². The Kier molecular flexibility index (Phi) is 8.15. The van der Waals surface area contributed by atoms with Crippen LogP contribution in [0.5, 0.6) is 0 Å². The number of carbonyl (C=O) groups excluding carboxylic acids is 2. The van der Waals surface area contributed by atoms with Crippen LogP contribution in [-0.2, 0) is 24.4 Å². The highest BCUT2D eigenvalue weighted by Crippen LogP contribution is 2.41. The zero-order chi connectivity index (χ0) is 23.5. The molecule has 3 rings (SSSR count). The number of carbonyl (C=O) groups is 3. The second-order valence-electron chi connectivity index (χ2n) is 7.01. The second kappa shape index (κ2) is 10.5. The van der Waals surface area contributed by atoms with Crippen molar-refractivity contribution in [1.29, 1.82) is 0 Å². The SMILES string of the molecule is CCCNS(=O)(=O)c1cccc(SCC2=C(C(=O)O)N3C(=O)C(NC(=O)CCl)[C@@H]3SC2)c1. The standard InChI is InChI=1S/C19H22ClN3O6S3/c1-2-6-21-32(28,29)13-5-3-4-12(7-13)30-9-11-10-31-18-15(22-14(24)8-20)17(25)23(18)16(11)19(26)27/h3-5,7,15,18,21H,2,6,8-10H2,1H3,(H,22,24)(H,26,27)/t15?,18-/m0/s1. The summed E-state index contributed by atoms with van der Waals surface area (Å²) in [5.41, 5.74) is 0.465. The van der Waals surface area contributed by atoms with Crippen molar-refractivity contribution in [2.75, 3.05) is 23.9 Å². The Morgan fingerprint density at radius 3 is 2.78 bits per heavy atom. The molecule has 0 bridgehead atoms. The number of nitrogens with one attached hydrogen (secondary N) is 2. The van der Waals surface area contributed by atoms with Gasteiger partial charge in [0, 0.05) is 22.9 Å². The number of carboxylic acid groups (broad SMARTS) is 1. The number of fused-ring (bicyclic) bond motifs is 1. The summed E-state index contributed by atoms with van der Waals surface area (Å²) in [7, 11) is -3.62. The number of hydrogen-bond donors (Lipinski definition) is 3. The third kappa shape index (κ3) is 5.25. The molecule has 174 valence electrons. The fraction of sp³-hybridized carbons (Fsp3) is 0.421. The van der Waals surface area contributed by atoms with E-state index in [4.69, 9.17) is 11.6 Å². The van der Waals surface area contributed by atoms with E-state index < -0.39 is 39.2 Å². The smallest absolute Gasteiger partial charge is 0.352 e. The third-order valence-electron chi connectivity index (χ3n) is 4.76. The Bertz CT molecular complexity index is 1060. The van der Waals surface area contributed by atoms with Crippen LogP contribution in [0.1, 0.15) is 13.3 Å².